The Bertz CT molecular complexity index is 204. The average molecular weight is 225 g/mol. The molecule has 0 heterocycles. The fourth-order valence-corrected chi connectivity index (χ4v) is 0.694. The summed E-state index contributed by atoms with van der Waals surface area (Å²) in [5.74, 6) is -1.12. The van der Waals surface area contributed by atoms with Gasteiger partial charge in [0.05, 0.1) is 0 Å². The quantitative estimate of drug-likeness (QED) is 0.373. The van der Waals surface area contributed by atoms with Crippen LogP contribution < -0.4 is 0 Å². The van der Waals surface area contributed by atoms with Crippen LogP contribution in [0.1, 0.15) is 13.8 Å². The Balaban J connectivity index is 3.37. The minimum atomic E-state index is -2.45. The standard InChI is InChI=1S/C6H10O7P/c1-5(7)10-3-12-14(9)13-4-11-6(2)8/h3-4H2,1-2H3/q+1. The van der Waals surface area contributed by atoms with E-state index < -0.39 is 33.8 Å². The molecule has 0 aliphatic heterocycles. The Labute approximate surface area is 81.2 Å². The first-order chi connectivity index (χ1) is 6.52. The van der Waals surface area contributed by atoms with Crippen LogP contribution in [-0.2, 0) is 32.7 Å². The summed E-state index contributed by atoms with van der Waals surface area (Å²) in [4.78, 5) is 20.4. The molecule has 0 spiro atoms. The van der Waals surface area contributed by atoms with Gasteiger partial charge in [0.1, 0.15) is 0 Å². The molecular formula is C6H10O7P+. The molecule has 0 aliphatic carbocycles. The minimum Gasteiger partial charge on any atom is -0.434 e. The highest BCUT2D eigenvalue weighted by Crippen LogP contribution is 2.22. The van der Waals surface area contributed by atoms with Crippen LogP contribution in [-0.4, -0.2) is 25.5 Å². The van der Waals surface area contributed by atoms with Crippen molar-refractivity contribution in [2.45, 2.75) is 13.8 Å². The molecule has 0 saturated carbocycles. The van der Waals surface area contributed by atoms with Crippen molar-refractivity contribution in [2.75, 3.05) is 13.6 Å². The molecule has 0 amide bonds. The van der Waals surface area contributed by atoms with Crippen molar-refractivity contribution in [3.8, 4) is 0 Å². The van der Waals surface area contributed by atoms with Crippen molar-refractivity contribution in [3.63, 3.8) is 0 Å². The second-order valence-electron chi connectivity index (χ2n) is 1.99. The van der Waals surface area contributed by atoms with Crippen LogP contribution in [0, 0.1) is 0 Å². The number of esters is 2. The zero-order valence-corrected chi connectivity index (χ0v) is 8.61. The highest BCUT2D eigenvalue weighted by atomic mass is 31.1. The summed E-state index contributed by atoms with van der Waals surface area (Å²) < 4.78 is 28.1. The normalized spacial score (nSPS) is 9.29. The summed E-state index contributed by atoms with van der Waals surface area (Å²) in [5.41, 5.74) is 0. The van der Waals surface area contributed by atoms with Crippen molar-refractivity contribution in [1.29, 1.82) is 0 Å². The Morgan fingerprint density at radius 3 is 1.64 bits per heavy atom. The van der Waals surface area contributed by atoms with Gasteiger partial charge >= 0.3 is 20.2 Å². The molecule has 0 saturated heterocycles. The van der Waals surface area contributed by atoms with Crippen molar-refractivity contribution in [3.05, 3.63) is 0 Å². The lowest BCUT2D eigenvalue weighted by Gasteiger charge is -1.94. The number of rotatable bonds is 6. The summed E-state index contributed by atoms with van der Waals surface area (Å²) in [7, 11) is -2.45. The van der Waals surface area contributed by atoms with Crippen molar-refractivity contribution >= 4 is 20.2 Å². The lowest BCUT2D eigenvalue weighted by atomic mass is 10.8. The van der Waals surface area contributed by atoms with Crippen molar-refractivity contribution in [1.82, 2.24) is 0 Å². The molecule has 14 heavy (non-hydrogen) atoms. The monoisotopic (exact) mass is 225 g/mol. The number of carbonyl (C=O) groups excluding carboxylic acids is 2. The predicted octanol–water partition coefficient (Wildman–Crippen LogP) is 0.718. The number of carbonyl (C=O) groups is 2. The first-order valence-electron chi connectivity index (χ1n) is 3.52. The van der Waals surface area contributed by atoms with Gasteiger partial charge in [0, 0.05) is 18.4 Å². The third-order valence-electron chi connectivity index (χ3n) is 0.841. The molecule has 0 fully saturated rings. The third kappa shape index (κ3) is 9.05. The first-order valence-corrected chi connectivity index (χ1v) is 4.61. The second-order valence-corrected chi connectivity index (χ2v) is 2.95. The molecule has 0 aromatic heterocycles. The zero-order valence-electron chi connectivity index (χ0n) is 7.72. The lowest BCUT2D eigenvalue weighted by molar-refractivity contribution is -0.148. The Morgan fingerprint density at radius 2 is 1.36 bits per heavy atom. The van der Waals surface area contributed by atoms with Crippen LogP contribution in [0.3, 0.4) is 0 Å². The van der Waals surface area contributed by atoms with E-state index in [0.29, 0.717) is 0 Å². The third-order valence-corrected chi connectivity index (χ3v) is 1.47. The van der Waals surface area contributed by atoms with Gasteiger partial charge in [-0.05, 0) is 0 Å². The molecule has 0 N–H and O–H groups in total. The van der Waals surface area contributed by atoms with E-state index in [9.17, 15) is 14.2 Å². The second kappa shape index (κ2) is 7.37. The van der Waals surface area contributed by atoms with E-state index in [4.69, 9.17) is 0 Å². The molecule has 80 valence electrons. The summed E-state index contributed by atoms with van der Waals surface area (Å²) in [5, 5.41) is 0. The molecule has 8 heteroatoms. The summed E-state index contributed by atoms with van der Waals surface area (Å²) in [6.07, 6.45) is 0. The van der Waals surface area contributed by atoms with Crippen LogP contribution in [0.5, 0.6) is 0 Å². The van der Waals surface area contributed by atoms with Crippen molar-refractivity contribution < 1.29 is 32.7 Å². The zero-order chi connectivity index (χ0) is 11.0. The molecule has 0 aromatic carbocycles. The Kier molecular flexibility index (Phi) is 6.82. The summed E-state index contributed by atoms with van der Waals surface area (Å²) in [6, 6.07) is 0. The van der Waals surface area contributed by atoms with E-state index in [1.807, 2.05) is 0 Å². The van der Waals surface area contributed by atoms with E-state index in [0.717, 1.165) is 0 Å². The van der Waals surface area contributed by atoms with E-state index in [1.54, 1.807) is 0 Å². The van der Waals surface area contributed by atoms with E-state index in [2.05, 4.69) is 18.5 Å². The summed E-state index contributed by atoms with van der Waals surface area (Å²) in [6.45, 7) is 1.42. The lowest BCUT2D eigenvalue weighted by Crippen LogP contribution is -2.03. The molecule has 0 atom stereocenters. The Morgan fingerprint density at radius 1 is 1.00 bits per heavy atom. The maximum Gasteiger partial charge on any atom is 0.704 e. The maximum atomic E-state index is 10.7. The fraction of sp³-hybridized carbons (Fsp3) is 0.667. The van der Waals surface area contributed by atoms with Crippen LogP contribution in [0.4, 0.5) is 0 Å². The van der Waals surface area contributed by atoms with Crippen LogP contribution in [0.15, 0.2) is 0 Å². The van der Waals surface area contributed by atoms with Crippen LogP contribution >= 0.6 is 8.25 Å². The first kappa shape index (κ1) is 13.0. The van der Waals surface area contributed by atoms with Gasteiger partial charge in [-0.3, -0.25) is 9.59 Å². The Hall–Kier alpha value is -1.04. The van der Waals surface area contributed by atoms with Gasteiger partial charge in [0.25, 0.3) is 0 Å². The molecule has 7 nitrogen and oxygen atoms in total. The topological polar surface area (TPSA) is 88.1 Å². The molecular weight excluding hydrogens is 215 g/mol. The molecule has 0 aliphatic rings. The van der Waals surface area contributed by atoms with Gasteiger partial charge in [0.2, 0.25) is 13.6 Å². The molecule has 0 rings (SSSR count). The highest BCUT2D eigenvalue weighted by molar-refractivity contribution is 7.33. The molecule has 0 bridgehead atoms. The smallest absolute Gasteiger partial charge is 0.434 e. The molecule has 0 aromatic rings. The molecule has 0 unspecified atom stereocenters. The van der Waals surface area contributed by atoms with Crippen LogP contribution in [0.2, 0.25) is 0 Å². The van der Waals surface area contributed by atoms with E-state index >= 15 is 0 Å². The largest absolute Gasteiger partial charge is 0.704 e. The summed E-state index contributed by atoms with van der Waals surface area (Å²) >= 11 is 0. The maximum absolute atomic E-state index is 10.7. The fourth-order valence-electron chi connectivity index (χ4n) is 0.342. The van der Waals surface area contributed by atoms with E-state index in [1.165, 1.54) is 13.8 Å². The van der Waals surface area contributed by atoms with Gasteiger partial charge in [-0.15, -0.1) is 0 Å². The van der Waals surface area contributed by atoms with Gasteiger partial charge in [0.15, 0.2) is 0 Å². The van der Waals surface area contributed by atoms with Gasteiger partial charge < -0.3 is 9.47 Å². The average Bonchev–Trinajstić information content (AvgIpc) is 2.02. The van der Waals surface area contributed by atoms with Gasteiger partial charge in [-0.2, -0.15) is 0 Å². The van der Waals surface area contributed by atoms with Gasteiger partial charge in [-0.1, -0.05) is 9.05 Å². The highest BCUT2D eigenvalue weighted by Gasteiger charge is 2.21. The van der Waals surface area contributed by atoms with Crippen LogP contribution in [0.25, 0.3) is 0 Å². The number of ether oxygens (including phenoxy) is 2. The minimum absolute atomic E-state index is 0.468. The molecule has 0 radical (unpaired) electrons. The van der Waals surface area contributed by atoms with Gasteiger partial charge in [-0.25, -0.2) is 0 Å². The number of hydrogen-bond donors (Lipinski definition) is 0. The predicted molar refractivity (Wildman–Crippen MR) is 43.0 cm³/mol. The SMILES string of the molecule is CC(=O)OCO[P+](=O)OCOC(C)=O. The van der Waals surface area contributed by atoms with E-state index in [-0.39, 0.29) is 0 Å². The van der Waals surface area contributed by atoms with Crippen molar-refractivity contribution in [2.24, 2.45) is 0 Å². The number of hydrogen-bond acceptors (Lipinski definition) is 7.